The van der Waals surface area contributed by atoms with Gasteiger partial charge < -0.3 is 19.5 Å². The number of hydrogen-bond acceptors (Lipinski definition) is 5. The van der Waals surface area contributed by atoms with Gasteiger partial charge >= 0.3 is 5.97 Å². The first-order chi connectivity index (χ1) is 12.3. The van der Waals surface area contributed by atoms with Gasteiger partial charge in [-0.25, -0.2) is 0 Å². The van der Waals surface area contributed by atoms with Crippen molar-refractivity contribution in [1.29, 1.82) is 0 Å². The van der Waals surface area contributed by atoms with Crippen molar-refractivity contribution in [2.45, 2.75) is 39.2 Å². The standard InChI is InChI=1S/C19H25NO6/c1-12-15(19(23)24)8-9-20(12)18(22)5-4-10-26-16-7-6-14(13(2)21)11-17(16)25-3/h6-7,11-12,15H,4-5,8-10H2,1-3H3,(H,23,24). The zero-order chi connectivity index (χ0) is 19.3. The van der Waals surface area contributed by atoms with Gasteiger partial charge in [-0.05, 0) is 44.9 Å². The molecule has 0 aromatic heterocycles. The minimum Gasteiger partial charge on any atom is -0.493 e. The maximum Gasteiger partial charge on any atom is 0.308 e. The van der Waals surface area contributed by atoms with Crippen LogP contribution in [-0.4, -0.2) is 54.0 Å². The Morgan fingerprint density at radius 3 is 2.58 bits per heavy atom. The highest BCUT2D eigenvalue weighted by Gasteiger charge is 2.37. The Morgan fingerprint density at radius 2 is 2.00 bits per heavy atom. The molecule has 0 radical (unpaired) electrons. The second kappa shape index (κ2) is 8.69. The van der Waals surface area contributed by atoms with Crippen molar-refractivity contribution in [2.24, 2.45) is 5.92 Å². The minimum atomic E-state index is -0.850. The van der Waals surface area contributed by atoms with Gasteiger partial charge in [-0.2, -0.15) is 0 Å². The molecule has 7 heteroatoms. The number of ketones is 1. The van der Waals surface area contributed by atoms with Crippen LogP contribution in [0, 0.1) is 5.92 Å². The molecule has 2 atom stereocenters. The SMILES string of the molecule is COc1cc(C(C)=O)ccc1OCCCC(=O)N1CCC(C(=O)O)C1C. The number of rotatable bonds is 8. The van der Waals surface area contributed by atoms with Crippen molar-refractivity contribution < 1.29 is 29.0 Å². The van der Waals surface area contributed by atoms with E-state index in [1.165, 1.54) is 14.0 Å². The molecule has 1 N–H and O–H groups in total. The summed E-state index contributed by atoms with van der Waals surface area (Å²) in [5.74, 6) is -0.452. The van der Waals surface area contributed by atoms with Gasteiger partial charge in [0, 0.05) is 24.6 Å². The molecule has 2 unspecified atom stereocenters. The highest BCUT2D eigenvalue weighted by Crippen LogP contribution is 2.29. The number of hydrogen-bond donors (Lipinski definition) is 1. The fourth-order valence-corrected chi connectivity index (χ4v) is 3.18. The van der Waals surface area contributed by atoms with Crippen molar-refractivity contribution in [3.8, 4) is 11.5 Å². The fourth-order valence-electron chi connectivity index (χ4n) is 3.18. The zero-order valence-corrected chi connectivity index (χ0v) is 15.4. The van der Waals surface area contributed by atoms with Crippen LogP contribution in [0.15, 0.2) is 18.2 Å². The maximum absolute atomic E-state index is 12.3. The highest BCUT2D eigenvalue weighted by molar-refractivity contribution is 5.94. The third-order valence-electron chi connectivity index (χ3n) is 4.76. The van der Waals surface area contributed by atoms with Gasteiger partial charge in [0.05, 0.1) is 19.6 Å². The number of aliphatic carboxylic acids is 1. The topological polar surface area (TPSA) is 93.1 Å². The normalized spacial score (nSPS) is 19.3. The van der Waals surface area contributed by atoms with Crippen LogP contribution in [0.2, 0.25) is 0 Å². The number of methoxy groups -OCH3 is 1. The average molecular weight is 363 g/mol. The Balaban J connectivity index is 1.83. The monoisotopic (exact) mass is 363 g/mol. The summed E-state index contributed by atoms with van der Waals surface area (Å²) in [6.45, 7) is 4.07. The summed E-state index contributed by atoms with van der Waals surface area (Å²) in [6, 6.07) is 4.70. The molecule has 1 heterocycles. The summed E-state index contributed by atoms with van der Waals surface area (Å²) < 4.78 is 10.9. The minimum absolute atomic E-state index is 0.0521. The third kappa shape index (κ3) is 4.53. The molecule has 0 aliphatic carbocycles. The van der Waals surface area contributed by atoms with Gasteiger partial charge in [-0.3, -0.25) is 14.4 Å². The molecule has 0 spiro atoms. The second-order valence-electron chi connectivity index (χ2n) is 6.43. The number of benzene rings is 1. The number of Topliss-reactive ketones (excluding diaryl/α,β-unsaturated/α-hetero) is 1. The Morgan fingerprint density at radius 1 is 1.27 bits per heavy atom. The van der Waals surface area contributed by atoms with E-state index < -0.39 is 11.9 Å². The van der Waals surface area contributed by atoms with Crippen molar-refractivity contribution >= 4 is 17.7 Å². The molecule has 1 aliphatic rings. The van der Waals surface area contributed by atoms with E-state index in [-0.39, 0.29) is 17.7 Å². The van der Waals surface area contributed by atoms with Gasteiger partial charge in [0.2, 0.25) is 5.91 Å². The number of carbonyl (C=O) groups is 3. The van der Waals surface area contributed by atoms with Crippen molar-refractivity contribution in [1.82, 2.24) is 4.90 Å². The van der Waals surface area contributed by atoms with E-state index in [1.807, 2.05) is 0 Å². The number of likely N-dealkylation sites (tertiary alicyclic amines) is 1. The van der Waals surface area contributed by atoms with Crippen LogP contribution in [0.4, 0.5) is 0 Å². The Bertz CT molecular complexity index is 687. The van der Waals surface area contributed by atoms with E-state index in [9.17, 15) is 14.4 Å². The molecule has 142 valence electrons. The lowest BCUT2D eigenvalue weighted by molar-refractivity contribution is -0.143. The van der Waals surface area contributed by atoms with E-state index in [0.29, 0.717) is 49.5 Å². The predicted octanol–water partition coefficient (Wildman–Crippen LogP) is 2.38. The van der Waals surface area contributed by atoms with E-state index in [1.54, 1.807) is 30.0 Å². The van der Waals surface area contributed by atoms with Crippen LogP contribution >= 0.6 is 0 Å². The Kier molecular flexibility index (Phi) is 6.60. The molecule has 26 heavy (non-hydrogen) atoms. The first-order valence-corrected chi connectivity index (χ1v) is 8.69. The van der Waals surface area contributed by atoms with E-state index in [0.717, 1.165) is 0 Å². The smallest absolute Gasteiger partial charge is 0.308 e. The second-order valence-corrected chi connectivity index (χ2v) is 6.43. The molecule has 1 amide bonds. The van der Waals surface area contributed by atoms with E-state index in [4.69, 9.17) is 14.6 Å². The lowest BCUT2D eigenvalue weighted by Crippen LogP contribution is -2.37. The number of carbonyl (C=O) groups excluding carboxylic acids is 2. The zero-order valence-electron chi connectivity index (χ0n) is 15.4. The first kappa shape index (κ1) is 19.8. The van der Waals surface area contributed by atoms with Crippen LogP contribution < -0.4 is 9.47 Å². The molecule has 1 fully saturated rings. The van der Waals surface area contributed by atoms with E-state index >= 15 is 0 Å². The average Bonchev–Trinajstić information content (AvgIpc) is 3.00. The molecule has 0 saturated carbocycles. The highest BCUT2D eigenvalue weighted by atomic mass is 16.5. The van der Waals surface area contributed by atoms with Gasteiger partial charge in [0.15, 0.2) is 17.3 Å². The number of nitrogens with zero attached hydrogens (tertiary/aromatic N) is 1. The summed E-state index contributed by atoms with van der Waals surface area (Å²) in [5, 5.41) is 9.14. The molecule has 7 nitrogen and oxygen atoms in total. The maximum atomic E-state index is 12.3. The van der Waals surface area contributed by atoms with Gasteiger partial charge in [-0.15, -0.1) is 0 Å². The third-order valence-corrected chi connectivity index (χ3v) is 4.76. The largest absolute Gasteiger partial charge is 0.493 e. The molecule has 2 rings (SSSR count). The van der Waals surface area contributed by atoms with Crippen LogP contribution in [-0.2, 0) is 9.59 Å². The molecule has 1 aromatic carbocycles. The van der Waals surface area contributed by atoms with Crippen LogP contribution in [0.3, 0.4) is 0 Å². The lowest BCUT2D eigenvalue weighted by atomic mass is 10.0. The van der Waals surface area contributed by atoms with Crippen LogP contribution in [0.1, 0.15) is 43.5 Å². The van der Waals surface area contributed by atoms with Crippen molar-refractivity contribution in [3.05, 3.63) is 23.8 Å². The predicted molar refractivity (Wildman–Crippen MR) is 94.6 cm³/mol. The van der Waals surface area contributed by atoms with Crippen LogP contribution in [0.25, 0.3) is 0 Å². The summed E-state index contributed by atoms with van der Waals surface area (Å²) in [6.07, 6.45) is 1.31. The van der Waals surface area contributed by atoms with E-state index in [2.05, 4.69) is 0 Å². The summed E-state index contributed by atoms with van der Waals surface area (Å²) >= 11 is 0. The Labute approximate surface area is 152 Å². The Hall–Kier alpha value is -2.57. The van der Waals surface area contributed by atoms with Gasteiger partial charge in [-0.1, -0.05) is 0 Å². The molecule has 1 aromatic rings. The molecule has 1 saturated heterocycles. The molecular weight excluding hydrogens is 338 g/mol. The summed E-state index contributed by atoms with van der Waals surface area (Å²) in [7, 11) is 1.50. The first-order valence-electron chi connectivity index (χ1n) is 8.69. The van der Waals surface area contributed by atoms with Crippen LogP contribution in [0.5, 0.6) is 11.5 Å². The van der Waals surface area contributed by atoms with Crippen molar-refractivity contribution in [2.75, 3.05) is 20.3 Å². The lowest BCUT2D eigenvalue weighted by Gasteiger charge is -2.23. The quantitative estimate of drug-likeness (QED) is 0.563. The number of carboxylic acid groups (broad SMARTS) is 1. The van der Waals surface area contributed by atoms with Crippen molar-refractivity contribution in [3.63, 3.8) is 0 Å². The fraction of sp³-hybridized carbons (Fsp3) is 0.526. The molecule has 1 aliphatic heterocycles. The number of amides is 1. The molecular formula is C19H25NO6. The number of carboxylic acids is 1. The number of ether oxygens (including phenoxy) is 2. The van der Waals surface area contributed by atoms with Gasteiger partial charge in [0.25, 0.3) is 0 Å². The molecule has 0 bridgehead atoms. The summed E-state index contributed by atoms with van der Waals surface area (Å²) in [5.41, 5.74) is 0.542. The summed E-state index contributed by atoms with van der Waals surface area (Å²) in [4.78, 5) is 36.5. The van der Waals surface area contributed by atoms with Gasteiger partial charge in [0.1, 0.15) is 0 Å².